The lowest BCUT2D eigenvalue weighted by molar-refractivity contribution is -0.120. The van der Waals surface area contributed by atoms with E-state index in [9.17, 15) is 9.59 Å². The molecule has 2 N–H and O–H groups in total. The van der Waals surface area contributed by atoms with Gasteiger partial charge >= 0.3 is 6.03 Å². The lowest BCUT2D eigenvalue weighted by Crippen LogP contribution is -2.49. The van der Waals surface area contributed by atoms with E-state index < -0.39 is 0 Å². The maximum Gasteiger partial charge on any atom is 0.328 e. The van der Waals surface area contributed by atoms with Gasteiger partial charge in [0.15, 0.2) is 0 Å². The van der Waals surface area contributed by atoms with Gasteiger partial charge in [-0.25, -0.2) is 9.78 Å². The van der Waals surface area contributed by atoms with Crippen molar-refractivity contribution in [2.24, 2.45) is 0 Å². The zero-order valence-electron chi connectivity index (χ0n) is 13.7. The van der Waals surface area contributed by atoms with Gasteiger partial charge in [-0.3, -0.25) is 15.0 Å². The van der Waals surface area contributed by atoms with Crippen LogP contribution in [0, 0.1) is 6.92 Å². The smallest absolute Gasteiger partial charge is 0.328 e. The zero-order valence-corrected chi connectivity index (χ0v) is 13.7. The number of nitrogens with one attached hydrogen (secondary N) is 2. The van der Waals surface area contributed by atoms with Crippen LogP contribution in [0.5, 0.6) is 0 Å². The van der Waals surface area contributed by atoms with Crippen molar-refractivity contribution >= 4 is 28.7 Å². The first-order valence-electron chi connectivity index (χ1n) is 8.43. The minimum absolute atomic E-state index is 0.225. The molecule has 126 valence electrons. The second-order valence-electron chi connectivity index (χ2n) is 6.54. The van der Waals surface area contributed by atoms with Gasteiger partial charge in [-0.15, -0.1) is 0 Å². The molecule has 24 heavy (non-hydrogen) atoms. The number of aromatic nitrogens is 2. The van der Waals surface area contributed by atoms with Crippen LogP contribution in [0.25, 0.3) is 11.0 Å². The number of anilines is 1. The van der Waals surface area contributed by atoms with E-state index in [0.717, 1.165) is 41.8 Å². The Kier molecular flexibility index (Phi) is 3.72. The number of nitrogens with zero attached hydrogens (tertiary/aromatic N) is 3. The summed E-state index contributed by atoms with van der Waals surface area (Å²) in [6.07, 6.45) is 6.51. The van der Waals surface area contributed by atoms with Crippen LogP contribution in [0.2, 0.25) is 0 Å². The van der Waals surface area contributed by atoms with Gasteiger partial charge in [-0.1, -0.05) is 0 Å². The maximum atomic E-state index is 12.0. The number of carbonyl (C=O) groups is 2. The van der Waals surface area contributed by atoms with E-state index >= 15 is 0 Å². The fraction of sp³-hybridized carbons (Fsp3) is 0.471. The first kappa shape index (κ1) is 15.1. The average Bonchev–Trinajstić information content (AvgIpc) is 2.92. The van der Waals surface area contributed by atoms with Crippen molar-refractivity contribution in [3.05, 3.63) is 24.0 Å². The van der Waals surface area contributed by atoms with E-state index in [-0.39, 0.29) is 11.9 Å². The molecule has 7 nitrogen and oxygen atoms in total. The number of fused-ring (bicyclic) bond motifs is 1. The predicted molar refractivity (Wildman–Crippen MR) is 91.1 cm³/mol. The zero-order chi connectivity index (χ0) is 16.7. The summed E-state index contributed by atoms with van der Waals surface area (Å²) in [4.78, 5) is 29.6. The Bertz CT molecular complexity index is 807. The van der Waals surface area contributed by atoms with Crippen LogP contribution in [0.4, 0.5) is 10.5 Å². The molecule has 0 unspecified atom stereocenters. The Morgan fingerprint density at radius 1 is 1.33 bits per heavy atom. The number of rotatable bonds is 2. The molecule has 2 aliphatic heterocycles. The molecule has 0 radical (unpaired) electrons. The molecule has 0 saturated carbocycles. The fourth-order valence-electron chi connectivity index (χ4n) is 3.59. The molecule has 2 aromatic heterocycles. The van der Waals surface area contributed by atoms with Gasteiger partial charge in [-0.2, -0.15) is 0 Å². The van der Waals surface area contributed by atoms with Crippen LogP contribution in [0.3, 0.4) is 0 Å². The summed E-state index contributed by atoms with van der Waals surface area (Å²) >= 11 is 0. The van der Waals surface area contributed by atoms with Crippen molar-refractivity contribution < 1.29 is 9.59 Å². The third kappa shape index (κ3) is 2.54. The Morgan fingerprint density at radius 3 is 2.96 bits per heavy atom. The molecule has 2 saturated heterocycles. The number of amides is 3. The van der Waals surface area contributed by atoms with Crippen LogP contribution >= 0.6 is 0 Å². The number of hydrogen-bond donors (Lipinski definition) is 2. The van der Waals surface area contributed by atoms with Crippen molar-refractivity contribution in [3.8, 4) is 0 Å². The number of carbonyl (C=O) groups excluding carboxylic acids is 2. The lowest BCUT2D eigenvalue weighted by atomic mass is 10.1. The summed E-state index contributed by atoms with van der Waals surface area (Å²) in [5, 5.41) is 6.85. The SMILES string of the molecule is Cc1cn([C@H]2CCCNC2)c2ncc(N3CCC(=O)NC3=O)cc12. The normalized spacial score (nSPS) is 22.0. The second kappa shape index (κ2) is 5.90. The summed E-state index contributed by atoms with van der Waals surface area (Å²) in [5.74, 6) is -0.225. The molecule has 3 amide bonds. The van der Waals surface area contributed by atoms with Gasteiger partial charge < -0.3 is 9.88 Å². The van der Waals surface area contributed by atoms with Gasteiger partial charge in [0, 0.05) is 37.1 Å². The highest BCUT2D eigenvalue weighted by molar-refractivity contribution is 6.06. The minimum atomic E-state index is -0.374. The second-order valence-corrected chi connectivity index (χ2v) is 6.54. The summed E-state index contributed by atoms with van der Waals surface area (Å²) in [6, 6.07) is 2.05. The summed E-state index contributed by atoms with van der Waals surface area (Å²) in [6.45, 7) is 4.50. The first-order chi connectivity index (χ1) is 11.6. The van der Waals surface area contributed by atoms with E-state index in [1.807, 2.05) is 6.07 Å². The third-order valence-corrected chi connectivity index (χ3v) is 4.88. The summed E-state index contributed by atoms with van der Waals surface area (Å²) in [5.41, 5.74) is 2.84. The van der Waals surface area contributed by atoms with Crippen LogP contribution < -0.4 is 15.5 Å². The number of pyridine rings is 1. The number of aryl methyl sites for hydroxylation is 1. The molecular formula is C17H21N5O2. The molecular weight excluding hydrogens is 306 g/mol. The lowest BCUT2D eigenvalue weighted by Gasteiger charge is -2.27. The minimum Gasteiger partial charge on any atom is -0.328 e. The molecule has 2 aliphatic rings. The molecule has 0 bridgehead atoms. The van der Waals surface area contributed by atoms with Crippen molar-refractivity contribution in [1.82, 2.24) is 20.2 Å². The topological polar surface area (TPSA) is 79.3 Å². The van der Waals surface area contributed by atoms with Crippen LogP contribution in [0.1, 0.15) is 30.9 Å². The number of piperidine rings is 1. The molecule has 0 spiro atoms. The molecule has 0 aliphatic carbocycles. The van der Waals surface area contributed by atoms with E-state index in [0.29, 0.717) is 19.0 Å². The Morgan fingerprint density at radius 2 is 2.21 bits per heavy atom. The van der Waals surface area contributed by atoms with E-state index in [1.54, 1.807) is 11.1 Å². The molecule has 4 rings (SSSR count). The number of imide groups is 1. The van der Waals surface area contributed by atoms with E-state index in [4.69, 9.17) is 0 Å². The van der Waals surface area contributed by atoms with Crippen molar-refractivity contribution in [2.45, 2.75) is 32.2 Å². The van der Waals surface area contributed by atoms with Gasteiger partial charge in [0.2, 0.25) is 5.91 Å². The maximum absolute atomic E-state index is 12.0. The fourth-order valence-corrected chi connectivity index (χ4v) is 3.59. The van der Waals surface area contributed by atoms with Crippen LogP contribution in [-0.4, -0.2) is 41.1 Å². The molecule has 2 fully saturated rings. The van der Waals surface area contributed by atoms with Crippen LogP contribution in [0.15, 0.2) is 18.5 Å². The molecule has 7 heteroatoms. The highest BCUT2D eigenvalue weighted by atomic mass is 16.2. The monoisotopic (exact) mass is 327 g/mol. The molecule has 4 heterocycles. The average molecular weight is 327 g/mol. The summed E-state index contributed by atoms with van der Waals surface area (Å²) < 4.78 is 2.25. The van der Waals surface area contributed by atoms with Gasteiger partial charge in [-0.05, 0) is 37.9 Å². The standard InChI is InChI=1S/C17H21N5O2/c1-11-10-22(12-3-2-5-18-8-12)16-14(11)7-13(9-19-16)21-6-4-15(23)20-17(21)24/h7,9-10,12,18H,2-6,8H2,1H3,(H,20,23,24)/t12-/m0/s1. The Labute approximate surface area is 140 Å². The Hall–Kier alpha value is -2.41. The van der Waals surface area contributed by atoms with Gasteiger partial charge in [0.25, 0.3) is 0 Å². The third-order valence-electron chi connectivity index (χ3n) is 4.88. The molecule has 0 aromatic carbocycles. The van der Waals surface area contributed by atoms with Crippen molar-refractivity contribution in [1.29, 1.82) is 0 Å². The number of urea groups is 1. The highest BCUT2D eigenvalue weighted by Crippen LogP contribution is 2.29. The highest BCUT2D eigenvalue weighted by Gasteiger charge is 2.25. The van der Waals surface area contributed by atoms with E-state index in [1.165, 1.54) is 6.42 Å². The van der Waals surface area contributed by atoms with Crippen molar-refractivity contribution in [2.75, 3.05) is 24.5 Å². The quantitative estimate of drug-likeness (QED) is 0.880. The number of hydrogen-bond acceptors (Lipinski definition) is 4. The van der Waals surface area contributed by atoms with E-state index in [2.05, 4.69) is 33.3 Å². The Balaban J connectivity index is 1.70. The molecule has 1 atom stereocenters. The van der Waals surface area contributed by atoms with Gasteiger partial charge in [0.05, 0.1) is 11.9 Å². The first-order valence-corrected chi connectivity index (χ1v) is 8.43. The van der Waals surface area contributed by atoms with Crippen molar-refractivity contribution in [3.63, 3.8) is 0 Å². The predicted octanol–water partition coefficient (Wildman–Crippen LogP) is 1.72. The van der Waals surface area contributed by atoms with Gasteiger partial charge in [0.1, 0.15) is 5.65 Å². The summed E-state index contributed by atoms with van der Waals surface area (Å²) in [7, 11) is 0. The molecule has 2 aromatic rings. The largest absolute Gasteiger partial charge is 0.328 e. The van der Waals surface area contributed by atoms with Crippen LogP contribution in [-0.2, 0) is 4.79 Å².